The number of nitrogens with two attached hydrogens (primary N) is 1. The van der Waals surface area contributed by atoms with Crippen LogP contribution >= 0.6 is 0 Å². The van der Waals surface area contributed by atoms with Crippen molar-refractivity contribution in [1.29, 1.82) is 0 Å². The third-order valence-electron chi connectivity index (χ3n) is 2.37. The number of benzene rings is 1. The summed E-state index contributed by atoms with van der Waals surface area (Å²) in [6.45, 7) is 1.61. The van der Waals surface area contributed by atoms with E-state index in [0.29, 0.717) is 5.76 Å². The van der Waals surface area contributed by atoms with Crippen LogP contribution in [0, 0.1) is 17.0 Å². The van der Waals surface area contributed by atoms with Crippen molar-refractivity contribution in [2.45, 2.75) is 11.8 Å². The molecule has 0 spiro atoms. The summed E-state index contributed by atoms with van der Waals surface area (Å²) in [5.74, 6) is 0.449. The summed E-state index contributed by atoms with van der Waals surface area (Å²) in [7, 11) is -3.94. The van der Waals surface area contributed by atoms with Gasteiger partial charge in [0.05, 0.1) is 9.82 Å². The molecule has 0 amide bonds. The molecule has 20 heavy (non-hydrogen) atoms. The van der Waals surface area contributed by atoms with E-state index < -0.39 is 14.9 Å². The molecule has 3 N–H and O–H groups in total. The van der Waals surface area contributed by atoms with Crippen LogP contribution in [-0.2, 0) is 10.0 Å². The molecule has 0 saturated carbocycles. The average Bonchev–Trinajstić information content (AvgIpc) is 2.73. The number of sulfonamides is 1. The molecular weight excluding hydrogens is 288 g/mol. The Labute approximate surface area is 113 Å². The van der Waals surface area contributed by atoms with Gasteiger partial charge in [-0.15, -0.1) is 0 Å². The molecule has 0 aliphatic rings. The van der Waals surface area contributed by atoms with E-state index in [-0.39, 0.29) is 22.1 Å². The summed E-state index contributed by atoms with van der Waals surface area (Å²) in [6.07, 6.45) is 0. The second-order valence-electron chi connectivity index (χ2n) is 3.91. The number of anilines is 2. The maximum atomic E-state index is 12.0. The lowest BCUT2D eigenvalue weighted by molar-refractivity contribution is -0.383. The standard InChI is InChI=1S/C10H10N4O5S/c1-6-4-10(12-19-6)13-20(17,18)7-2-3-9(14(15)16)8(11)5-7/h2-5H,11H2,1H3,(H,12,13). The van der Waals surface area contributed by atoms with Gasteiger partial charge < -0.3 is 10.3 Å². The zero-order valence-electron chi connectivity index (χ0n) is 10.2. The zero-order chi connectivity index (χ0) is 14.9. The van der Waals surface area contributed by atoms with Gasteiger partial charge in [0, 0.05) is 12.1 Å². The van der Waals surface area contributed by atoms with E-state index in [1.165, 1.54) is 6.07 Å². The number of nitrogens with zero attached hydrogens (tertiary/aromatic N) is 2. The summed E-state index contributed by atoms with van der Waals surface area (Å²) >= 11 is 0. The van der Waals surface area contributed by atoms with E-state index in [1.54, 1.807) is 6.92 Å². The molecule has 0 bridgehead atoms. The van der Waals surface area contributed by atoms with Gasteiger partial charge in [0.15, 0.2) is 5.82 Å². The van der Waals surface area contributed by atoms with E-state index in [2.05, 4.69) is 9.88 Å². The van der Waals surface area contributed by atoms with E-state index >= 15 is 0 Å². The van der Waals surface area contributed by atoms with Crippen LogP contribution in [0.25, 0.3) is 0 Å². The van der Waals surface area contributed by atoms with Crippen molar-refractivity contribution in [3.05, 3.63) is 40.1 Å². The highest BCUT2D eigenvalue weighted by atomic mass is 32.2. The van der Waals surface area contributed by atoms with Crippen molar-refractivity contribution < 1.29 is 17.9 Å². The third kappa shape index (κ3) is 2.69. The van der Waals surface area contributed by atoms with Gasteiger partial charge in [0.1, 0.15) is 11.4 Å². The van der Waals surface area contributed by atoms with Gasteiger partial charge in [0.25, 0.3) is 15.7 Å². The van der Waals surface area contributed by atoms with Crippen molar-refractivity contribution in [3.8, 4) is 0 Å². The molecular formula is C10H10N4O5S. The van der Waals surface area contributed by atoms with Gasteiger partial charge >= 0.3 is 0 Å². The fraction of sp³-hybridized carbons (Fsp3) is 0.100. The minimum Gasteiger partial charge on any atom is -0.393 e. The second kappa shape index (κ2) is 4.81. The van der Waals surface area contributed by atoms with Gasteiger partial charge in [-0.3, -0.25) is 14.8 Å². The normalized spacial score (nSPS) is 11.2. The molecule has 0 aliphatic heterocycles. The molecule has 10 heteroatoms. The molecule has 0 atom stereocenters. The second-order valence-corrected chi connectivity index (χ2v) is 5.59. The molecule has 106 valence electrons. The van der Waals surface area contributed by atoms with Crippen molar-refractivity contribution in [1.82, 2.24) is 5.16 Å². The predicted molar refractivity (Wildman–Crippen MR) is 69.6 cm³/mol. The molecule has 9 nitrogen and oxygen atoms in total. The van der Waals surface area contributed by atoms with Gasteiger partial charge in [-0.05, 0) is 19.1 Å². The predicted octanol–water partition coefficient (Wildman–Crippen LogP) is 1.27. The zero-order valence-corrected chi connectivity index (χ0v) is 11.0. The Morgan fingerprint density at radius 1 is 1.40 bits per heavy atom. The number of hydrogen-bond acceptors (Lipinski definition) is 7. The SMILES string of the molecule is Cc1cc(NS(=O)(=O)c2ccc([N+](=O)[O-])c(N)c2)no1. The summed E-state index contributed by atoms with van der Waals surface area (Å²) < 4.78 is 31.0. The van der Waals surface area contributed by atoms with Crippen LogP contribution in [0.2, 0.25) is 0 Å². The van der Waals surface area contributed by atoms with Crippen molar-refractivity contribution >= 4 is 27.2 Å². The molecule has 2 rings (SSSR count). The molecule has 0 unspecified atom stereocenters. The number of aromatic nitrogens is 1. The highest BCUT2D eigenvalue weighted by molar-refractivity contribution is 7.92. The first-order valence-corrected chi connectivity index (χ1v) is 6.78. The summed E-state index contributed by atoms with van der Waals surface area (Å²) in [5.41, 5.74) is 4.85. The quantitative estimate of drug-likeness (QED) is 0.491. The van der Waals surface area contributed by atoms with E-state index in [0.717, 1.165) is 18.2 Å². The van der Waals surface area contributed by atoms with Crippen LogP contribution in [0.4, 0.5) is 17.2 Å². The topological polar surface area (TPSA) is 141 Å². The molecule has 0 fully saturated rings. The molecule has 1 aromatic heterocycles. The Balaban J connectivity index is 2.35. The Morgan fingerprint density at radius 3 is 2.60 bits per heavy atom. The van der Waals surface area contributed by atoms with Crippen LogP contribution in [0.5, 0.6) is 0 Å². The van der Waals surface area contributed by atoms with Crippen LogP contribution in [0.15, 0.2) is 33.7 Å². The van der Waals surface area contributed by atoms with Gasteiger partial charge in [-0.25, -0.2) is 8.42 Å². The molecule has 0 saturated heterocycles. The van der Waals surface area contributed by atoms with Crippen LogP contribution < -0.4 is 10.5 Å². The minimum absolute atomic E-state index is 0.0134. The summed E-state index contributed by atoms with van der Waals surface area (Å²) in [4.78, 5) is 9.71. The third-order valence-corrected chi connectivity index (χ3v) is 3.73. The molecule has 0 aliphatic carbocycles. The largest absolute Gasteiger partial charge is 0.393 e. The molecule has 0 radical (unpaired) electrons. The highest BCUT2D eigenvalue weighted by Gasteiger charge is 2.20. The maximum absolute atomic E-state index is 12.0. The van der Waals surface area contributed by atoms with Gasteiger partial charge in [0.2, 0.25) is 0 Å². The van der Waals surface area contributed by atoms with Crippen molar-refractivity contribution in [2.24, 2.45) is 0 Å². The van der Waals surface area contributed by atoms with Crippen LogP contribution in [-0.4, -0.2) is 18.5 Å². The number of nitrogen functional groups attached to an aromatic ring is 1. The first-order chi connectivity index (χ1) is 9.29. The van der Waals surface area contributed by atoms with Gasteiger partial charge in [-0.2, -0.15) is 0 Å². The lowest BCUT2D eigenvalue weighted by Gasteiger charge is -2.05. The number of rotatable bonds is 4. The number of nitrogens with one attached hydrogen (secondary N) is 1. The monoisotopic (exact) mass is 298 g/mol. The fourth-order valence-corrected chi connectivity index (χ4v) is 2.50. The van der Waals surface area contributed by atoms with Crippen LogP contribution in [0.3, 0.4) is 0 Å². The molecule has 2 aromatic rings. The van der Waals surface area contributed by atoms with E-state index in [9.17, 15) is 18.5 Å². The Morgan fingerprint density at radius 2 is 2.10 bits per heavy atom. The first-order valence-electron chi connectivity index (χ1n) is 5.29. The van der Waals surface area contributed by atoms with Crippen molar-refractivity contribution in [3.63, 3.8) is 0 Å². The lowest BCUT2D eigenvalue weighted by atomic mass is 10.3. The van der Waals surface area contributed by atoms with E-state index in [4.69, 9.17) is 10.3 Å². The van der Waals surface area contributed by atoms with E-state index in [1.807, 2.05) is 0 Å². The number of nitro groups is 1. The molecule has 1 heterocycles. The highest BCUT2D eigenvalue weighted by Crippen LogP contribution is 2.25. The lowest BCUT2D eigenvalue weighted by Crippen LogP contribution is -2.13. The number of hydrogen-bond donors (Lipinski definition) is 2. The fourth-order valence-electron chi connectivity index (χ4n) is 1.48. The van der Waals surface area contributed by atoms with Crippen LogP contribution in [0.1, 0.15) is 5.76 Å². The average molecular weight is 298 g/mol. The maximum Gasteiger partial charge on any atom is 0.292 e. The minimum atomic E-state index is -3.94. The number of nitro benzene ring substituents is 1. The van der Waals surface area contributed by atoms with Crippen molar-refractivity contribution in [2.75, 3.05) is 10.5 Å². The molecule has 1 aromatic carbocycles. The summed E-state index contributed by atoms with van der Waals surface area (Å²) in [5, 5.41) is 14.1. The summed E-state index contributed by atoms with van der Waals surface area (Å²) in [6, 6.07) is 4.52. The van der Waals surface area contributed by atoms with Gasteiger partial charge in [-0.1, -0.05) is 5.16 Å². The Kier molecular flexibility index (Phi) is 3.32. The smallest absolute Gasteiger partial charge is 0.292 e. The Bertz CT molecular complexity index is 768. The Hall–Kier alpha value is -2.62. The number of aryl methyl sites for hydroxylation is 1. The first kappa shape index (κ1) is 13.8.